The van der Waals surface area contributed by atoms with Gasteiger partial charge in [-0.2, -0.15) is 5.10 Å². The van der Waals surface area contributed by atoms with E-state index in [0.29, 0.717) is 0 Å². The van der Waals surface area contributed by atoms with Crippen LogP contribution in [0.5, 0.6) is 0 Å². The number of allylic oxidation sites excluding steroid dienone is 2. The molecule has 2 aromatic rings. The summed E-state index contributed by atoms with van der Waals surface area (Å²) in [7, 11) is 0. The SMILES string of the molecule is O=C1C2=CCCc3[nH]nc(c32)-c2ccccc21. The van der Waals surface area contributed by atoms with Gasteiger partial charge in [-0.1, -0.05) is 30.3 Å². The van der Waals surface area contributed by atoms with Crippen LogP contribution in [0.15, 0.2) is 30.3 Å². The minimum Gasteiger partial charge on any atom is -0.289 e. The van der Waals surface area contributed by atoms with Gasteiger partial charge in [-0.3, -0.25) is 9.89 Å². The topological polar surface area (TPSA) is 45.8 Å². The minimum absolute atomic E-state index is 0.135. The predicted molar refractivity (Wildman–Crippen MR) is 64.7 cm³/mol. The highest BCUT2D eigenvalue weighted by atomic mass is 16.1. The molecule has 3 heteroatoms. The quantitative estimate of drug-likeness (QED) is 0.744. The Bertz CT molecular complexity index is 679. The van der Waals surface area contributed by atoms with E-state index in [2.05, 4.69) is 10.2 Å². The maximum Gasteiger partial charge on any atom is 0.194 e. The second kappa shape index (κ2) is 2.94. The van der Waals surface area contributed by atoms with Gasteiger partial charge >= 0.3 is 0 Å². The van der Waals surface area contributed by atoms with Gasteiger partial charge in [0, 0.05) is 28.0 Å². The van der Waals surface area contributed by atoms with Gasteiger partial charge in [0.2, 0.25) is 0 Å². The third-order valence-electron chi connectivity index (χ3n) is 3.52. The monoisotopic (exact) mass is 222 g/mol. The normalized spacial score (nSPS) is 16.2. The van der Waals surface area contributed by atoms with Crippen LogP contribution in [0, 0.1) is 0 Å². The number of carbonyl (C=O) groups is 1. The van der Waals surface area contributed by atoms with Gasteiger partial charge in [-0.25, -0.2) is 0 Å². The zero-order chi connectivity index (χ0) is 11.4. The Balaban J connectivity index is 2.15. The number of nitrogens with zero attached hydrogens (tertiary/aromatic N) is 1. The molecule has 0 atom stereocenters. The molecule has 2 aliphatic carbocycles. The lowest BCUT2D eigenvalue weighted by Gasteiger charge is -2.20. The van der Waals surface area contributed by atoms with Crippen LogP contribution in [0.1, 0.15) is 28.0 Å². The molecular formula is C14H10N2O. The van der Waals surface area contributed by atoms with Crippen molar-refractivity contribution >= 4 is 11.4 Å². The summed E-state index contributed by atoms with van der Waals surface area (Å²) in [6, 6.07) is 7.70. The summed E-state index contributed by atoms with van der Waals surface area (Å²) >= 11 is 0. The molecule has 0 aliphatic heterocycles. The highest BCUT2D eigenvalue weighted by Gasteiger charge is 2.32. The first-order valence-corrected chi connectivity index (χ1v) is 5.78. The van der Waals surface area contributed by atoms with Crippen LogP contribution in [0.3, 0.4) is 0 Å². The summed E-state index contributed by atoms with van der Waals surface area (Å²) in [5.41, 5.74) is 5.61. The van der Waals surface area contributed by atoms with Crippen LogP contribution in [0.4, 0.5) is 0 Å². The number of aryl methyl sites for hydroxylation is 1. The molecule has 0 bridgehead atoms. The third kappa shape index (κ3) is 1.01. The van der Waals surface area contributed by atoms with Gasteiger partial charge < -0.3 is 0 Å². The Morgan fingerprint density at radius 3 is 2.88 bits per heavy atom. The fraction of sp³-hybridized carbons (Fsp3) is 0.143. The van der Waals surface area contributed by atoms with Gasteiger partial charge in [0.15, 0.2) is 5.78 Å². The van der Waals surface area contributed by atoms with Gasteiger partial charge in [0.1, 0.15) is 5.69 Å². The average Bonchev–Trinajstić information content (AvgIpc) is 2.81. The lowest BCUT2D eigenvalue weighted by molar-refractivity contribution is 0.105. The molecule has 1 aromatic heterocycles. The van der Waals surface area contributed by atoms with Gasteiger partial charge in [0.05, 0.1) is 0 Å². The van der Waals surface area contributed by atoms with Crippen molar-refractivity contribution in [2.75, 3.05) is 0 Å². The Morgan fingerprint density at radius 1 is 1.18 bits per heavy atom. The van der Waals surface area contributed by atoms with E-state index in [4.69, 9.17) is 0 Å². The summed E-state index contributed by atoms with van der Waals surface area (Å²) in [5.74, 6) is 0.135. The van der Waals surface area contributed by atoms with Gasteiger partial charge in [-0.15, -0.1) is 0 Å². The average molecular weight is 222 g/mol. The number of hydrogen-bond acceptors (Lipinski definition) is 2. The number of rotatable bonds is 0. The first-order valence-electron chi connectivity index (χ1n) is 5.78. The Labute approximate surface area is 98.2 Å². The predicted octanol–water partition coefficient (Wildman–Crippen LogP) is 2.60. The van der Waals surface area contributed by atoms with E-state index in [-0.39, 0.29) is 5.78 Å². The number of fused-ring (bicyclic) bond motifs is 2. The molecule has 1 heterocycles. The number of aromatic nitrogens is 2. The fourth-order valence-electron chi connectivity index (χ4n) is 2.75. The van der Waals surface area contributed by atoms with E-state index in [9.17, 15) is 4.79 Å². The van der Waals surface area contributed by atoms with Crippen molar-refractivity contribution in [3.63, 3.8) is 0 Å². The summed E-state index contributed by atoms with van der Waals surface area (Å²) in [4.78, 5) is 12.4. The highest BCUT2D eigenvalue weighted by molar-refractivity contribution is 6.34. The maximum absolute atomic E-state index is 12.4. The summed E-state index contributed by atoms with van der Waals surface area (Å²) in [6.07, 6.45) is 3.90. The molecule has 3 nitrogen and oxygen atoms in total. The van der Waals surface area contributed by atoms with Crippen LogP contribution in [0.25, 0.3) is 16.8 Å². The number of nitrogens with one attached hydrogen (secondary N) is 1. The minimum atomic E-state index is 0.135. The molecule has 0 saturated carbocycles. The van der Waals surface area contributed by atoms with E-state index in [1.807, 2.05) is 30.3 Å². The van der Waals surface area contributed by atoms with Crippen LogP contribution in [-0.2, 0) is 6.42 Å². The lowest BCUT2D eigenvalue weighted by atomic mass is 9.81. The molecule has 1 aromatic carbocycles. The molecule has 17 heavy (non-hydrogen) atoms. The first-order chi connectivity index (χ1) is 8.36. The number of Topliss-reactive ketones (excluding diaryl/α,β-unsaturated/α-hetero) is 1. The number of hydrogen-bond donors (Lipinski definition) is 1. The summed E-state index contributed by atoms with van der Waals surface area (Å²) < 4.78 is 0. The number of ketones is 1. The molecule has 0 amide bonds. The van der Waals surface area contributed by atoms with Crippen molar-refractivity contribution in [2.24, 2.45) is 0 Å². The van der Waals surface area contributed by atoms with Crippen LogP contribution < -0.4 is 0 Å². The zero-order valence-corrected chi connectivity index (χ0v) is 9.16. The standard InChI is InChI=1S/C14H10N2O/c17-14-9-5-2-1-4-8(9)13-12-10(14)6-3-7-11(12)15-16-13/h1-2,4-6H,3,7H2,(H,15,16). The Kier molecular flexibility index (Phi) is 1.55. The second-order valence-electron chi connectivity index (χ2n) is 4.46. The Morgan fingerprint density at radius 2 is 2.00 bits per heavy atom. The molecular weight excluding hydrogens is 212 g/mol. The number of carbonyl (C=O) groups excluding carboxylic acids is 1. The molecule has 0 unspecified atom stereocenters. The highest BCUT2D eigenvalue weighted by Crippen LogP contribution is 2.41. The van der Waals surface area contributed by atoms with Crippen molar-refractivity contribution in [1.82, 2.24) is 10.2 Å². The molecule has 0 radical (unpaired) electrons. The van der Waals surface area contributed by atoms with Crippen molar-refractivity contribution in [3.8, 4) is 11.3 Å². The van der Waals surface area contributed by atoms with Crippen LogP contribution in [-0.4, -0.2) is 16.0 Å². The van der Waals surface area contributed by atoms with Gasteiger partial charge in [0.25, 0.3) is 0 Å². The van der Waals surface area contributed by atoms with Gasteiger partial charge in [-0.05, 0) is 12.8 Å². The van der Waals surface area contributed by atoms with Crippen LogP contribution in [0.2, 0.25) is 0 Å². The second-order valence-corrected chi connectivity index (χ2v) is 4.46. The van der Waals surface area contributed by atoms with E-state index < -0.39 is 0 Å². The molecule has 4 rings (SSSR count). The van der Waals surface area contributed by atoms with E-state index >= 15 is 0 Å². The van der Waals surface area contributed by atoms with E-state index in [1.54, 1.807) is 0 Å². The molecule has 0 spiro atoms. The van der Waals surface area contributed by atoms with Crippen molar-refractivity contribution in [2.45, 2.75) is 12.8 Å². The molecule has 0 fully saturated rings. The van der Waals surface area contributed by atoms with Crippen molar-refractivity contribution in [3.05, 3.63) is 47.2 Å². The summed E-state index contributed by atoms with van der Waals surface area (Å²) in [6.45, 7) is 0. The first kappa shape index (κ1) is 8.93. The molecule has 0 saturated heterocycles. The third-order valence-corrected chi connectivity index (χ3v) is 3.52. The lowest BCUT2D eigenvalue weighted by Crippen LogP contribution is -2.14. The Hall–Kier alpha value is -2.16. The largest absolute Gasteiger partial charge is 0.289 e. The fourth-order valence-corrected chi connectivity index (χ4v) is 2.75. The molecule has 2 aliphatic rings. The summed E-state index contributed by atoms with van der Waals surface area (Å²) in [5, 5.41) is 7.44. The number of H-pyrrole nitrogens is 1. The smallest absolute Gasteiger partial charge is 0.194 e. The maximum atomic E-state index is 12.4. The van der Waals surface area contributed by atoms with E-state index in [1.165, 1.54) is 0 Å². The molecule has 82 valence electrons. The zero-order valence-electron chi connectivity index (χ0n) is 9.16. The van der Waals surface area contributed by atoms with Crippen LogP contribution >= 0.6 is 0 Å². The number of benzene rings is 1. The molecule has 1 N–H and O–H groups in total. The van der Waals surface area contributed by atoms with E-state index in [0.717, 1.165) is 46.5 Å². The van der Waals surface area contributed by atoms with Crippen molar-refractivity contribution in [1.29, 1.82) is 0 Å². The number of aromatic amines is 1. The van der Waals surface area contributed by atoms with Crippen molar-refractivity contribution < 1.29 is 4.79 Å².